The molecule has 1 atom stereocenters. The Bertz CT molecular complexity index is 335. The van der Waals surface area contributed by atoms with Gasteiger partial charge in [-0.25, -0.2) is 4.98 Å². The van der Waals surface area contributed by atoms with Crippen molar-refractivity contribution in [2.24, 2.45) is 0 Å². The highest BCUT2D eigenvalue weighted by Crippen LogP contribution is 2.08. The van der Waals surface area contributed by atoms with E-state index in [9.17, 15) is 4.21 Å². The van der Waals surface area contributed by atoms with Crippen molar-refractivity contribution < 1.29 is 4.21 Å². The number of nitrogens with one attached hydrogen (secondary N) is 1. The van der Waals surface area contributed by atoms with Crippen LogP contribution in [0.25, 0.3) is 0 Å². The summed E-state index contributed by atoms with van der Waals surface area (Å²) in [6.45, 7) is 5.78. The molecule has 0 bridgehead atoms. The van der Waals surface area contributed by atoms with Crippen molar-refractivity contribution in [2.45, 2.75) is 26.8 Å². The normalized spacial score (nSPS) is 12.7. The highest BCUT2D eigenvalue weighted by Gasteiger charge is 2.03. The van der Waals surface area contributed by atoms with Crippen molar-refractivity contribution in [3.05, 3.63) is 11.9 Å². The summed E-state index contributed by atoms with van der Waals surface area (Å²) >= 11 is 0. The average Bonchev–Trinajstić information content (AvgIpc) is 2.47. The molecule has 1 unspecified atom stereocenters. The summed E-state index contributed by atoms with van der Waals surface area (Å²) in [6.07, 6.45) is 4.69. The first kappa shape index (κ1) is 12.2. The van der Waals surface area contributed by atoms with Crippen molar-refractivity contribution in [1.29, 1.82) is 0 Å². The van der Waals surface area contributed by atoms with E-state index in [0.29, 0.717) is 0 Å². The summed E-state index contributed by atoms with van der Waals surface area (Å²) in [5, 5.41) is 3.21. The first-order valence-electron chi connectivity index (χ1n) is 5.21. The zero-order valence-electron chi connectivity index (χ0n) is 9.62. The lowest BCUT2D eigenvalue weighted by atomic mass is 10.4. The van der Waals surface area contributed by atoms with Gasteiger partial charge in [-0.3, -0.25) is 4.21 Å². The molecule has 0 amide bonds. The third-order valence-electron chi connectivity index (χ3n) is 2.06. The Hall–Kier alpha value is -0.840. The molecule has 15 heavy (non-hydrogen) atoms. The minimum Gasteiger partial charge on any atom is -0.356 e. The molecule has 5 heteroatoms. The number of nitrogens with zero attached hydrogens (tertiary/aromatic N) is 2. The lowest BCUT2D eigenvalue weighted by Gasteiger charge is -2.07. The Morgan fingerprint density at radius 2 is 2.33 bits per heavy atom. The molecule has 1 rings (SSSR count). The highest BCUT2D eigenvalue weighted by molar-refractivity contribution is 7.84. The molecule has 0 aliphatic carbocycles. The molecule has 1 N–H and O–H groups in total. The summed E-state index contributed by atoms with van der Waals surface area (Å²) in [5.41, 5.74) is 1.02. The van der Waals surface area contributed by atoms with E-state index in [0.717, 1.165) is 36.9 Å². The average molecular weight is 229 g/mol. The molecule has 0 aliphatic heterocycles. The lowest BCUT2D eigenvalue weighted by Crippen LogP contribution is -2.08. The van der Waals surface area contributed by atoms with Gasteiger partial charge in [0.1, 0.15) is 0 Å². The summed E-state index contributed by atoms with van der Waals surface area (Å²) in [5.74, 6) is 1.67. The lowest BCUT2D eigenvalue weighted by molar-refractivity contribution is 0.662. The van der Waals surface area contributed by atoms with Gasteiger partial charge in [-0.2, -0.15) is 0 Å². The van der Waals surface area contributed by atoms with Gasteiger partial charge >= 0.3 is 0 Å². The Balaban J connectivity index is 2.54. The third-order valence-corrected chi connectivity index (χ3v) is 2.93. The van der Waals surface area contributed by atoms with Crippen LogP contribution < -0.4 is 5.32 Å². The zero-order chi connectivity index (χ0) is 11.3. The fourth-order valence-electron chi connectivity index (χ4n) is 1.45. The first-order chi connectivity index (χ1) is 7.13. The van der Waals surface area contributed by atoms with Gasteiger partial charge < -0.3 is 9.88 Å². The van der Waals surface area contributed by atoms with E-state index in [1.807, 2.05) is 13.1 Å². The van der Waals surface area contributed by atoms with Crippen LogP contribution in [-0.2, 0) is 17.3 Å². The van der Waals surface area contributed by atoms with Crippen molar-refractivity contribution in [3.8, 4) is 0 Å². The minimum absolute atomic E-state index is 0.697. The van der Waals surface area contributed by atoms with Crippen molar-refractivity contribution in [3.63, 3.8) is 0 Å². The predicted octanol–water partition coefficient (Wildman–Crippen LogP) is 1.39. The summed E-state index contributed by atoms with van der Waals surface area (Å²) in [7, 11) is -0.697. The van der Waals surface area contributed by atoms with E-state index in [1.54, 1.807) is 6.26 Å². The Kier molecular flexibility index (Phi) is 4.81. The van der Waals surface area contributed by atoms with Crippen LogP contribution in [0.4, 0.5) is 5.95 Å². The van der Waals surface area contributed by atoms with Crippen LogP contribution in [0.2, 0.25) is 0 Å². The largest absolute Gasteiger partial charge is 0.356 e. The van der Waals surface area contributed by atoms with Crippen LogP contribution >= 0.6 is 0 Å². The van der Waals surface area contributed by atoms with Crippen molar-refractivity contribution >= 4 is 16.7 Å². The van der Waals surface area contributed by atoms with Gasteiger partial charge in [-0.05, 0) is 20.3 Å². The third kappa shape index (κ3) is 4.03. The van der Waals surface area contributed by atoms with E-state index < -0.39 is 10.8 Å². The second-order valence-corrected chi connectivity index (χ2v) is 5.12. The quantitative estimate of drug-likeness (QED) is 0.802. The van der Waals surface area contributed by atoms with Gasteiger partial charge in [-0.1, -0.05) is 0 Å². The van der Waals surface area contributed by atoms with Crippen LogP contribution in [0.1, 0.15) is 19.0 Å². The summed E-state index contributed by atoms with van der Waals surface area (Å²) in [4.78, 5) is 4.37. The number of hydrogen-bond acceptors (Lipinski definition) is 3. The molecule has 86 valence electrons. The molecule has 0 aromatic carbocycles. The molecule has 1 heterocycles. The van der Waals surface area contributed by atoms with Gasteiger partial charge in [0.2, 0.25) is 5.95 Å². The Morgan fingerprint density at radius 3 is 2.93 bits per heavy atom. The molecule has 1 aromatic rings. The number of aryl methyl sites for hydroxylation is 2. The summed E-state index contributed by atoms with van der Waals surface area (Å²) in [6, 6.07) is 0. The molecule has 0 radical (unpaired) electrons. The molecule has 0 fully saturated rings. The first-order valence-corrected chi connectivity index (χ1v) is 6.94. The standard InChI is InChI=1S/C10H19N3OS/c1-4-11-10-12-9(2)8-13(10)6-5-7-15(3)14/h8H,4-7H2,1-3H3,(H,11,12). The molecular weight excluding hydrogens is 210 g/mol. The fourth-order valence-corrected chi connectivity index (χ4v) is 1.99. The predicted molar refractivity (Wildman–Crippen MR) is 64.7 cm³/mol. The molecule has 0 saturated heterocycles. The molecule has 0 saturated carbocycles. The van der Waals surface area contributed by atoms with Crippen LogP contribution in [0, 0.1) is 6.92 Å². The molecular formula is C10H19N3OS. The minimum atomic E-state index is -0.697. The van der Waals surface area contributed by atoms with Crippen LogP contribution in [0.5, 0.6) is 0 Å². The van der Waals surface area contributed by atoms with Gasteiger partial charge in [0.15, 0.2) is 0 Å². The fraction of sp³-hybridized carbons (Fsp3) is 0.700. The van der Waals surface area contributed by atoms with Crippen LogP contribution in [0.3, 0.4) is 0 Å². The molecule has 0 aliphatic rings. The van der Waals surface area contributed by atoms with Gasteiger partial charge in [0.25, 0.3) is 0 Å². The second-order valence-electron chi connectivity index (χ2n) is 3.56. The monoisotopic (exact) mass is 229 g/mol. The SMILES string of the molecule is CCNc1nc(C)cn1CCCS(C)=O. The Morgan fingerprint density at radius 1 is 1.60 bits per heavy atom. The maximum absolute atomic E-state index is 10.9. The van der Waals surface area contributed by atoms with E-state index in [-0.39, 0.29) is 0 Å². The van der Waals surface area contributed by atoms with E-state index in [1.165, 1.54) is 0 Å². The smallest absolute Gasteiger partial charge is 0.203 e. The van der Waals surface area contributed by atoms with Crippen LogP contribution in [0.15, 0.2) is 6.20 Å². The maximum atomic E-state index is 10.9. The second kappa shape index (κ2) is 5.90. The topological polar surface area (TPSA) is 46.9 Å². The molecule has 0 spiro atoms. The van der Waals surface area contributed by atoms with E-state index >= 15 is 0 Å². The molecule has 1 aromatic heterocycles. The number of hydrogen-bond donors (Lipinski definition) is 1. The number of aromatic nitrogens is 2. The summed E-state index contributed by atoms with van der Waals surface area (Å²) < 4.78 is 13.0. The number of anilines is 1. The Labute approximate surface area is 93.5 Å². The van der Waals surface area contributed by atoms with Crippen LogP contribution in [-0.4, -0.2) is 32.3 Å². The zero-order valence-corrected chi connectivity index (χ0v) is 10.4. The van der Waals surface area contributed by atoms with Gasteiger partial charge in [0, 0.05) is 42.1 Å². The van der Waals surface area contributed by atoms with E-state index in [4.69, 9.17) is 0 Å². The highest BCUT2D eigenvalue weighted by atomic mass is 32.2. The van der Waals surface area contributed by atoms with Gasteiger partial charge in [-0.15, -0.1) is 0 Å². The van der Waals surface area contributed by atoms with E-state index in [2.05, 4.69) is 21.8 Å². The number of rotatable bonds is 6. The number of imidazole rings is 1. The molecule has 4 nitrogen and oxygen atoms in total. The maximum Gasteiger partial charge on any atom is 0.203 e. The van der Waals surface area contributed by atoms with Crippen molar-refractivity contribution in [2.75, 3.05) is 23.9 Å². The van der Waals surface area contributed by atoms with Crippen molar-refractivity contribution in [1.82, 2.24) is 9.55 Å². The van der Waals surface area contributed by atoms with Gasteiger partial charge in [0.05, 0.1) is 5.69 Å².